The zero-order chi connectivity index (χ0) is 26.3. The van der Waals surface area contributed by atoms with Gasteiger partial charge in [-0.3, -0.25) is 0 Å². The van der Waals surface area contributed by atoms with Crippen LogP contribution < -0.4 is 4.74 Å². The minimum absolute atomic E-state index is 0.123. The molecule has 0 aliphatic rings. The molecule has 0 N–H and O–H groups in total. The summed E-state index contributed by atoms with van der Waals surface area (Å²) >= 11 is 5.72. The van der Waals surface area contributed by atoms with Crippen LogP contribution in [0.5, 0.6) is 5.88 Å². The van der Waals surface area contributed by atoms with Gasteiger partial charge in [-0.15, -0.1) is 0 Å². The molecule has 0 spiro atoms. The third kappa shape index (κ3) is 13.4. The van der Waals surface area contributed by atoms with Gasteiger partial charge in [-0.25, -0.2) is 13.8 Å². The van der Waals surface area contributed by atoms with Crippen molar-refractivity contribution in [3.05, 3.63) is 70.2 Å². The summed E-state index contributed by atoms with van der Waals surface area (Å²) in [5, 5.41) is 0.193. The van der Waals surface area contributed by atoms with Crippen LogP contribution in [0.15, 0.2) is 53.8 Å². The molecule has 2 rings (SSSR count). The molecule has 0 amide bonds. The second-order valence-electron chi connectivity index (χ2n) is 8.57. The summed E-state index contributed by atoms with van der Waals surface area (Å²) in [4.78, 5) is 7.81. The van der Waals surface area contributed by atoms with E-state index in [1.807, 2.05) is 0 Å². The molecule has 0 saturated carbocycles. The van der Waals surface area contributed by atoms with Crippen LogP contribution in [0.1, 0.15) is 86.3 Å². The first-order chi connectivity index (χ1) is 15.8. The largest absolute Gasteiger partial charge is 0.473 e. The van der Waals surface area contributed by atoms with Crippen molar-refractivity contribution in [2.24, 2.45) is 5.92 Å². The standard InChI is InChI=1S/C17H19ClN2O.C6H10F2.C5H12/c1-4-12(2)13(3)15-7-5-14(6-8-15)11-21-16-9-10-19-17(18)20-16;1-4-5(2)6(3,7)8;1-4-5(2)3/h5-10H,4,11H2,1-3H3;4H,1-3H3;5H,4H2,1-3H3/b;5-4+;. The van der Waals surface area contributed by atoms with E-state index >= 15 is 0 Å². The first-order valence-electron chi connectivity index (χ1n) is 11.7. The molecule has 6 heteroatoms. The Kier molecular flexibility index (Phi) is 15.3. The quantitative estimate of drug-likeness (QED) is 0.284. The second kappa shape index (κ2) is 16.4. The highest BCUT2D eigenvalue weighted by atomic mass is 35.5. The summed E-state index contributed by atoms with van der Waals surface area (Å²) in [6.07, 6.45) is 5.38. The third-order valence-corrected chi connectivity index (χ3v) is 5.67. The monoisotopic (exact) mass is 494 g/mol. The van der Waals surface area contributed by atoms with Crippen LogP contribution in [0.4, 0.5) is 8.78 Å². The maximum Gasteiger partial charge on any atom is 0.266 e. The first-order valence-corrected chi connectivity index (χ1v) is 12.1. The highest BCUT2D eigenvalue weighted by molar-refractivity contribution is 6.28. The van der Waals surface area contributed by atoms with Crippen molar-refractivity contribution in [3.8, 4) is 5.88 Å². The number of ether oxygens (including phenoxy) is 1. The fraction of sp³-hybridized carbons (Fsp3) is 0.500. The molecule has 1 aromatic heterocycles. The molecule has 0 aliphatic heterocycles. The number of hydrogen-bond donors (Lipinski definition) is 0. The van der Waals surface area contributed by atoms with Gasteiger partial charge in [-0.2, -0.15) is 4.98 Å². The molecule has 0 fully saturated rings. The molecule has 3 nitrogen and oxygen atoms in total. The van der Waals surface area contributed by atoms with E-state index in [0.717, 1.165) is 24.8 Å². The summed E-state index contributed by atoms with van der Waals surface area (Å²) in [6, 6.07) is 10.1. The average Bonchev–Trinajstić information content (AvgIpc) is 2.81. The SMILES string of the molecule is C/C=C(\C)C(C)(F)F.CCC(C)=C(C)c1ccc(COc2ccnc(Cl)n2)cc1.CCC(C)C. The van der Waals surface area contributed by atoms with E-state index in [1.54, 1.807) is 19.2 Å². The van der Waals surface area contributed by atoms with Gasteiger partial charge in [0.05, 0.1) is 0 Å². The van der Waals surface area contributed by atoms with Crippen molar-refractivity contribution in [3.63, 3.8) is 0 Å². The molecular formula is C28H41ClF2N2O. The van der Waals surface area contributed by atoms with Gasteiger partial charge >= 0.3 is 0 Å². The van der Waals surface area contributed by atoms with Gasteiger partial charge in [0.2, 0.25) is 11.2 Å². The van der Waals surface area contributed by atoms with Gasteiger partial charge in [-0.05, 0) is 73.9 Å². The van der Waals surface area contributed by atoms with E-state index < -0.39 is 5.92 Å². The summed E-state index contributed by atoms with van der Waals surface area (Å²) < 4.78 is 29.7. The van der Waals surface area contributed by atoms with E-state index in [2.05, 4.69) is 75.8 Å². The third-order valence-electron chi connectivity index (χ3n) is 5.49. The van der Waals surface area contributed by atoms with Crippen LogP contribution in [0, 0.1) is 5.92 Å². The number of alkyl halides is 2. The Morgan fingerprint density at radius 3 is 2.03 bits per heavy atom. The van der Waals surface area contributed by atoms with E-state index in [4.69, 9.17) is 16.3 Å². The minimum Gasteiger partial charge on any atom is -0.473 e. The lowest BCUT2D eigenvalue weighted by atomic mass is 10.00. The molecule has 34 heavy (non-hydrogen) atoms. The Labute approximate surface area is 210 Å². The van der Waals surface area contributed by atoms with Crippen LogP contribution in [-0.2, 0) is 6.61 Å². The lowest BCUT2D eigenvalue weighted by Crippen LogP contribution is -2.10. The smallest absolute Gasteiger partial charge is 0.266 e. The fourth-order valence-corrected chi connectivity index (χ4v) is 2.31. The van der Waals surface area contributed by atoms with E-state index in [-0.39, 0.29) is 10.9 Å². The zero-order valence-corrected chi connectivity index (χ0v) is 22.9. The molecule has 0 bridgehead atoms. The number of nitrogens with zero attached hydrogens (tertiary/aromatic N) is 2. The van der Waals surface area contributed by atoms with Gasteiger partial charge in [-0.1, -0.05) is 70.0 Å². The summed E-state index contributed by atoms with van der Waals surface area (Å²) in [7, 11) is 0. The predicted octanol–water partition coefficient (Wildman–Crippen LogP) is 9.57. The molecule has 0 aliphatic carbocycles. The van der Waals surface area contributed by atoms with E-state index in [9.17, 15) is 8.78 Å². The van der Waals surface area contributed by atoms with Crippen LogP contribution in [0.3, 0.4) is 0 Å². The van der Waals surface area contributed by atoms with Gasteiger partial charge < -0.3 is 4.74 Å². The summed E-state index contributed by atoms with van der Waals surface area (Å²) in [6.45, 7) is 17.5. The molecule has 2 aromatic rings. The van der Waals surface area contributed by atoms with Crippen LogP contribution in [0.2, 0.25) is 5.28 Å². The molecule has 190 valence electrons. The molecule has 0 atom stereocenters. The Balaban J connectivity index is 0.000000693. The number of aromatic nitrogens is 2. The lowest BCUT2D eigenvalue weighted by molar-refractivity contribution is 0.0633. The van der Waals surface area contributed by atoms with Gasteiger partial charge in [0, 0.05) is 19.2 Å². The van der Waals surface area contributed by atoms with Crippen molar-refractivity contribution >= 4 is 17.2 Å². The van der Waals surface area contributed by atoms with Crippen molar-refractivity contribution in [1.29, 1.82) is 0 Å². The van der Waals surface area contributed by atoms with Crippen molar-refractivity contribution in [2.75, 3.05) is 0 Å². The number of rotatable bonds is 7. The molecule has 0 radical (unpaired) electrons. The highest BCUT2D eigenvalue weighted by Gasteiger charge is 2.21. The lowest BCUT2D eigenvalue weighted by Gasteiger charge is -2.09. The Morgan fingerprint density at radius 1 is 1.09 bits per heavy atom. The van der Waals surface area contributed by atoms with Gasteiger partial charge in [0.15, 0.2) is 0 Å². The Hall–Kier alpha value is -2.27. The maximum atomic E-state index is 12.0. The van der Waals surface area contributed by atoms with E-state index in [1.165, 1.54) is 36.1 Å². The maximum absolute atomic E-state index is 12.0. The Bertz CT molecular complexity index is 901. The van der Waals surface area contributed by atoms with Crippen LogP contribution in [-0.4, -0.2) is 15.9 Å². The average molecular weight is 495 g/mol. The number of halogens is 3. The fourth-order valence-electron chi connectivity index (χ4n) is 2.17. The topological polar surface area (TPSA) is 35.0 Å². The van der Waals surface area contributed by atoms with Gasteiger partial charge in [0.25, 0.3) is 5.92 Å². The molecule has 0 saturated heterocycles. The van der Waals surface area contributed by atoms with Gasteiger partial charge in [0.1, 0.15) is 6.61 Å². The van der Waals surface area contributed by atoms with Crippen LogP contribution >= 0.6 is 11.6 Å². The molecule has 0 unspecified atom stereocenters. The highest BCUT2D eigenvalue weighted by Crippen LogP contribution is 2.22. The zero-order valence-electron chi connectivity index (χ0n) is 22.2. The normalized spacial score (nSPS) is 12.2. The predicted molar refractivity (Wildman–Crippen MR) is 142 cm³/mol. The molecular weight excluding hydrogens is 454 g/mol. The Morgan fingerprint density at radius 2 is 1.65 bits per heavy atom. The van der Waals surface area contributed by atoms with Crippen molar-refractivity contribution in [1.82, 2.24) is 9.97 Å². The molecule has 1 aromatic carbocycles. The number of hydrogen-bond acceptors (Lipinski definition) is 3. The van der Waals surface area contributed by atoms with E-state index in [0.29, 0.717) is 12.5 Å². The number of benzene rings is 1. The first kappa shape index (κ1) is 31.7. The number of allylic oxidation sites excluding steroid dienone is 4. The minimum atomic E-state index is -2.63. The van der Waals surface area contributed by atoms with Crippen LogP contribution in [0.25, 0.3) is 5.57 Å². The summed E-state index contributed by atoms with van der Waals surface area (Å²) in [5.41, 5.74) is 5.22. The molecule has 1 heterocycles. The second-order valence-corrected chi connectivity index (χ2v) is 8.91. The van der Waals surface area contributed by atoms with Crippen molar-refractivity contribution < 1.29 is 13.5 Å². The van der Waals surface area contributed by atoms with Crippen molar-refractivity contribution in [2.45, 2.75) is 87.7 Å². The summed E-state index contributed by atoms with van der Waals surface area (Å²) in [5.74, 6) is -1.26.